The Kier molecular flexibility index (Phi) is 2.96. The Morgan fingerprint density at radius 1 is 1.30 bits per heavy atom. The maximum Gasteiger partial charge on any atom is 0.0159 e. The Labute approximate surface area is 68.4 Å². The van der Waals surface area contributed by atoms with E-state index in [0.717, 1.165) is 5.92 Å². The average Bonchev–Trinajstić information content (AvgIpc) is 1.88. The Hall–Kier alpha value is 0.210. The number of hydrogen-bond donors (Lipinski definition) is 1. The minimum Gasteiger partial charge on any atom is -0.255 e. The first-order chi connectivity index (χ1) is 4.45. The average molecular weight is 163 g/mol. The fourth-order valence-corrected chi connectivity index (χ4v) is 1.87. The SMILES string of the molecule is C1CC2CCNN(C1)C2.Cl. The first-order valence-corrected chi connectivity index (χ1v) is 3.93. The Balaban J connectivity index is 0.000000500. The highest BCUT2D eigenvalue weighted by atomic mass is 35.5. The van der Waals surface area contributed by atoms with Crippen molar-refractivity contribution in [3.05, 3.63) is 0 Å². The smallest absolute Gasteiger partial charge is 0.0159 e. The standard InChI is InChI=1S/C7H14N2.ClH/c1-2-7-3-4-8-9(5-1)6-7;/h7-8H,1-6H2;1H. The normalized spacial score (nSPS) is 38.4. The number of halogens is 1. The molecule has 0 radical (unpaired) electrons. The van der Waals surface area contributed by atoms with Gasteiger partial charge in [-0.3, -0.25) is 5.43 Å². The summed E-state index contributed by atoms with van der Waals surface area (Å²) in [4.78, 5) is 0. The third kappa shape index (κ3) is 1.62. The van der Waals surface area contributed by atoms with Crippen molar-refractivity contribution in [1.82, 2.24) is 10.4 Å². The predicted octanol–water partition coefficient (Wildman–Crippen LogP) is 1.03. The van der Waals surface area contributed by atoms with Crippen LogP contribution in [0.15, 0.2) is 0 Å². The molecule has 2 atom stereocenters. The summed E-state index contributed by atoms with van der Waals surface area (Å²) in [6.45, 7) is 3.79. The number of nitrogens with one attached hydrogen (secondary N) is 1. The molecule has 2 bridgehead atoms. The molecule has 0 amide bonds. The summed E-state index contributed by atoms with van der Waals surface area (Å²) in [5, 5.41) is 2.37. The molecule has 0 aromatic heterocycles. The van der Waals surface area contributed by atoms with E-state index in [-0.39, 0.29) is 12.4 Å². The molecule has 0 spiro atoms. The fourth-order valence-electron chi connectivity index (χ4n) is 1.87. The van der Waals surface area contributed by atoms with Crippen molar-refractivity contribution in [2.24, 2.45) is 5.92 Å². The summed E-state index contributed by atoms with van der Waals surface area (Å²) in [7, 11) is 0. The third-order valence-corrected chi connectivity index (χ3v) is 2.41. The lowest BCUT2D eigenvalue weighted by molar-refractivity contribution is 0.0707. The lowest BCUT2D eigenvalue weighted by Gasteiger charge is -2.37. The van der Waals surface area contributed by atoms with Gasteiger partial charge in [-0.1, -0.05) is 0 Å². The van der Waals surface area contributed by atoms with Gasteiger partial charge in [-0.15, -0.1) is 12.4 Å². The molecule has 1 N–H and O–H groups in total. The van der Waals surface area contributed by atoms with Crippen LogP contribution in [0.25, 0.3) is 0 Å². The number of fused-ring (bicyclic) bond motifs is 2. The minimum atomic E-state index is 0. The molecule has 2 saturated heterocycles. The first-order valence-electron chi connectivity index (χ1n) is 3.93. The van der Waals surface area contributed by atoms with Crippen LogP contribution in [0.4, 0.5) is 0 Å². The van der Waals surface area contributed by atoms with Crippen LogP contribution in [0.1, 0.15) is 19.3 Å². The molecule has 60 valence electrons. The van der Waals surface area contributed by atoms with Gasteiger partial charge >= 0.3 is 0 Å². The van der Waals surface area contributed by atoms with E-state index in [2.05, 4.69) is 10.4 Å². The Morgan fingerprint density at radius 2 is 2.20 bits per heavy atom. The van der Waals surface area contributed by atoms with E-state index < -0.39 is 0 Å². The molecule has 0 aromatic rings. The monoisotopic (exact) mass is 162 g/mol. The van der Waals surface area contributed by atoms with Gasteiger partial charge in [-0.25, -0.2) is 5.01 Å². The fraction of sp³-hybridized carbons (Fsp3) is 1.00. The van der Waals surface area contributed by atoms with Crippen LogP contribution >= 0.6 is 12.4 Å². The van der Waals surface area contributed by atoms with Crippen LogP contribution in [-0.2, 0) is 0 Å². The van der Waals surface area contributed by atoms with E-state index in [0.29, 0.717) is 0 Å². The quantitative estimate of drug-likeness (QED) is 0.573. The van der Waals surface area contributed by atoms with Crippen molar-refractivity contribution in [3.8, 4) is 0 Å². The maximum absolute atomic E-state index is 3.38. The number of rotatable bonds is 0. The molecule has 2 rings (SSSR count). The van der Waals surface area contributed by atoms with Crippen molar-refractivity contribution < 1.29 is 0 Å². The highest BCUT2D eigenvalue weighted by Crippen LogP contribution is 2.20. The van der Waals surface area contributed by atoms with Crippen molar-refractivity contribution in [3.63, 3.8) is 0 Å². The second-order valence-corrected chi connectivity index (χ2v) is 3.15. The molecule has 2 fully saturated rings. The summed E-state index contributed by atoms with van der Waals surface area (Å²) in [5.41, 5.74) is 3.38. The van der Waals surface area contributed by atoms with Crippen LogP contribution in [0.3, 0.4) is 0 Å². The molecule has 0 aromatic carbocycles. The van der Waals surface area contributed by atoms with Crippen LogP contribution in [-0.4, -0.2) is 24.6 Å². The molecule has 0 saturated carbocycles. The van der Waals surface area contributed by atoms with Gasteiger partial charge in [0.1, 0.15) is 0 Å². The predicted molar refractivity (Wildman–Crippen MR) is 44.2 cm³/mol. The molecule has 2 nitrogen and oxygen atoms in total. The lowest BCUT2D eigenvalue weighted by atomic mass is 9.94. The molecule has 10 heavy (non-hydrogen) atoms. The molecule has 3 heteroatoms. The number of hydrogen-bond acceptors (Lipinski definition) is 2. The van der Waals surface area contributed by atoms with E-state index >= 15 is 0 Å². The molecule has 2 aliphatic heterocycles. The Bertz CT molecular complexity index is 87.8. The summed E-state index contributed by atoms with van der Waals surface area (Å²) >= 11 is 0. The van der Waals surface area contributed by atoms with Crippen LogP contribution < -0.4 is 5.43 Å². The van der Waals surface area contributed by atoms with Gasteiger partial charge < -0.3 is 0 Å². The zero-order chi connectivity index (χ0) is 6.10. The van der Waals surface area contributed by atoms with Crippen LogP contribution in [0, 0.1) is 5.92 Å². The van der Waals surface area contributed by atoms with Gasteiger partial charge in [0, 0.05) is 19.6 Å². The van der Waals surface area contributed by atoms with Crippen LogP contribution in [0.2, 0.25) is 0 Å². The topological polar surface area (TPSA) is 15.3 Å². The Morgan fingerprint density at radius 3 is 2.90 bits per heavy atom. The van der Waals surface area contributed by atoms with Gasteiger partial charge in [-0.2, -0.15) is 0 Å². The second-order valence-electron chi connectivity index (χ2n) is 3.15. The first kappa shape index (κ1) is 8.31. The molecular formula is C7H15ClN2. The molecular weight excluding hydrogens is 148 g/mol. The highest BCUT2D eigenvalue weighted by molar-refractivity contribution is 5.85. The minimum absolute atomic E-state index is 0. The lowest BCUT2D eigenvalue weighted by Crippen LogP contribution is -2.50. The largest absolute Gasteiger partial charge is 0.255 e. The molecule has 2 unspecified atom stereocenters. The van der Waals surface area contributed by atoms with Gasteiger partial charge in [0.05, 0.1) is 0 Å². The number of hydrazine groups is 1. The maximum atomic E-state index is 3.38. The highest BCUT2D eigenvalue weighted by Gasteiger charge is 2.22. The van der Waals surface area contributed by atoms with E-state index in [9.17, 15) is 0 Å². The molecule has 2 aliphatic rings. The van der Waals surface area contributed by atoms with Gasteiger partial charge in [0.25, 0.3) is 0 Å². The van der Waals surface area contributed by atoms with Crippen LogP contribution in [0.5, 0.6) is 0 Å². The summed E-state index contributed by atoms with van der Waals surface area (Å²) in [6.07, 6.45) is 4.27. The van der Waals surface area contributed by atoms with Crippen molar-refractivity contribution in [2.75, 3.05) is 19.6 Å². The van der Waals surface area contributed by atoms with E-state index in [1.165, 1.54) is 38.9 Å². The third-order valence-electron chi connectivity index (χ3n) is 2.41. The zero-order valence-corrected chi connectivity index (χ0v) is 6.99. The zero-order valence-electron chi connectivity index (χ0n) is 6.18. The van der Waals surface area contributed by atoms with Crippen molar-refractivity contribution in [2.45, 2.75) is 19.3 Å². The molecule has 0 aliphatic carbocycles. The summed E-state index contributed by atoms with van der Waals surface area (Å²) in [5.74, 6) is 1.01. The summed E-state index contributed by atoms with van der Waals surface area (Å²) in [6, 6.07) is 0. The van der Waals surface area contributed by atoms with E-state index in [4.69, 9.17) is 0 Å². The van der Waals surface area contributed by atoms with Crippen molar-refractivity contribution >= 4 is 12.4 Å². The number of piperidine rings is 1. The second kappa shape index (κ2) is 3.56. The molecule has 2 heterocycles. The summed E-state index contributed by atoms with van der Waals surface area (Å²) < 4.78 is 0. The van der Waals surface area contributed by atoms with Crippen molar-refractivity contribution in [1.29, 1.82) is 0 Å². The van der Waals surface area contributed by atoms with E-state index in [1.54, 1.807) is 0 Å². The van der Waals surface area contributed by atoms with Gasteiger partial charge in [0.2, 0.25) is 0 Å². The van der Waals surface area contributed by atoms with Gasteiger partial charge in [-0.05, 0) is 25.2 Å². The van der Waals surface area contributed by atoms with E-state index in [1.807, 2.05) is 0 Å². The number of nitrogens with zero attached hydrogens (tertiary/aromatic N) is 1. The van der Waals surface area contributed by atoms with Gasteiger partial charge in [0.15, 0.2) is 0 Å².